The Balaban J connectivity index is 2.03. The van der Waals surface area contributed by atoms with Gasteiger partial charge in [-0.1, -0.05) is 36.8 Å². The summed E-state index contributed by atoms with van der Waals surface area (Å²) in [5.41, 5.74) is 1.13. The van der Waals surface area contributed by atoms with Gasteiger partial charge in [0.25, 0.3) is 0 Å². The number of benzene rings is 1. The lowest BCUT2D eigenvalue weighted by molar-refractivity contribution is 0.333. The van der Waals surface area contributed by atoms with E-state index < -0.39 is 14.6 Å². The largest absolute Gasteiger partial charge is 0.355 e. The van der Waals surface area contributed by atoms with Gasteiger partial charge in [-0.15, -0.1) is 0 Å². The molecule has 2 rings (SSSR count). The molecular formula is C16H25N3O2S. The summed E-state index contributed by atoms with van der Waals surface area (Å²) in [7, 11) is 0.763. The van der Waals surface area contributed by atoms with Crippen LogP contribution in [0.15, 0.2) is 35.3 Å². The van der Waals surface area contributed by atoms with Crippen molar-refractivity contribution < 1.29 is 8.42 Å². The fourth-order valence-electron chi connectivity index (χ4n) is 2.59. The van der Waals surface area contributed by atoms with E-state index in [0.29, 0.717) is 13.1 Å². The van der Waals surface area contributed by atoms with Crippen LogP contribution in [0.1, 0.15) is 24.8 Å². The van der Waals surface area contributed by atoms with Gasteiger partial charge in [-0.2, -0.15) is 0 Å². The minimum Gasteiger partial charge on any atom is -0.355 e. The third-order valence-corrected chi connectivity index (χ3v) is 6.42. The second-order valence-corrected chi connectivity index (χ2v) is 8.59. The van der Waals surface area contributed by atoms with E-state index in [-0.39, 0.29) is 0 Å². The average molecular weight is 323 g/mol. The second-order valence-electron chi connectivity index (χ2n) is 6.18. The van der Waals surface area contributed by atoms with Crippen LogP contribution >= 0.6 is 0 Å². The first kappa shape index (κ1) is 16.8. The van der Waals surface area contributed by atoms with Crippen LogP contribution in [-0.2, 0) is 16.4 Å². The summed E-state index contributed by atoms with van der Waals surface area (Å²) in [5, 5.41) is 3.24. The van der Waals surface area contributed by atoms with E-state index >= 15 is 0 Å². The van der Waals surface area contributed by atoms with Crippen LogP contribution in [0.3, 0.4) is 0 Å². The van der Waals surface area contributed by atoms with E-state index in [1.54, 1.807) is 0 Å². The van der Waals surface area contributed by atoms with Crippen LogP contribution in [0, 0.1) is 0 Å². The summed E-state index contributed by atoms with van der Waals surface area (Å²) < 4.78 is 23.4. The number of nitrogens with one attached hydrogen (secondary N) is 1. The predicted molar refractivity (Wildman–Crippen MR) is 90.7 cm³/mol. The standard InChI is InChI=1S/C16H25N3O2S/c1-19(2)15(17-12-14-8-5-4-6-9-14)18-13-16(10-7-11-16)22(3,20)21/h4-6,8-9H,7,10-13H2,1-3H3,(H,17,18). The summed E-state index contributed by atoms with van der Waals surface area (Å²) >= 11 is 0. The molecule has 0 unspecified atom stereocenters. The maximum absolute atomic E-state index is 12.0. The zero-order valence-corrected chi connectivity index (χ0v) is 14.4. The van der Waals surface area contributed by atoms with Gasteiger partial charge in [-0.3, -0.25) is 0 Å². The Kier molecular flexibility index (Phi) is 5.11. The van der Waals surface area contributed by atoms with Gasteiger partial charge in [-0.05, 0) is 18.4 Å². The van der Waals surface area contributed by atoms with Crippen LogP contribution in [-0.4, -0.2) is 50.9 Å². The Hall–Kier alpha value is -1.56. The molecule has 1 N–H and O–H groups in total. The van der Waals surface area contributed by atoms with Crippen molar-refractivity contribution in [3.63, 3.8) is 0 Å². The monoisotopic (exact) mass is 323 g/mol. The first-order valence-electron chi connectivity index (χ1n) is 7.53. The van der Waals surface area contributed by atoms with Crippen LogP contribution in [0.5, 0.6) is 0 Å². The summed E-state index contributed by atoms with van der Waals surface area (Å²) in [6.07, 6.45) is 3.79. The van der Waals surface area contributed by atoms with Gasteiger partial charge in [0, 0.05) is 26.9 Å². The van der Waals surface area contributed by atoms with Crippen LogP contribution in [0.25, 0.3) is 0 Å². The summed E-state index contributed by atoms with van der Waals surface area (Å²) in [5.74, 6) is 0.721. The fraction of sp³-hybridized carbons (Fsp3) is 0.562. The molecule has 1 aromatic rings. The molecule has 6 heteroatoms. The number of nitrogens with zero attached hydrogens (tertiary/aromatic N) is 2. The fourth-order valence-corrected chi connectivity index (χ4v) is 3.96. The maximum Gasteiger partial charge on any atom is 0.193 e. The van der Waals surface area contributed by atoms with Gasteiger partial charge in [0.05, 0.1) is 11.3 Å². The molecule has 1 saturated carbocycles. The highest BCUT2D eigenvalue weighted by molar-refractivity contribution is 7.92. The van der Waals surface area contributed by atoms with Crippen molar-refractivity contribution in [2.24, 2.45) is 4.99 Å². The third-order valence-electron chi connectivity index (χ3n) is 4.30. The van der Waals surface area contributed by atoms with E-state index in [0.717, 1.165) is 30.8 Å². The molecule has 1 fully saturated rings. The normalized spacial score (nSPS) is 17.7. The Morgan fingerprint density at radius 2 is 1.91 bits per heavy atom. The van der Waals surface area contributed by atoms with Crippen LogP contribution in [0.2, 0.25) is 0 Å². The maximum atomic E-state index is 12.0. The van der Waals surface area contributed by atoms with Gasteiger partial charge >= 0.3 is 0 Å². The highest BCUT2D eigenvalue weighted by atomic mass is 32.2. The highest BCUT2D eigenvalue weighted by Crippen LogP contribution is 2.38. The van der Waals surface area contributed by atoms with E-state index in [2.05, 4.69) is 10.3 Å². The summed E-state index contributed by atoms with van der Waals surface area (Å²) in [4.78, 5) is 6.46. The van der Waals surface area contributed by atoms with Gasteiger partial charge in [0.15, 0.2) is 15.8 Å². The SMILES string of the molecule is CN(C)C(=NCc1ccccc1)NCC1(S(C)(=O)=O)CCC1. The van der Waals surface area contributed by atoms with E-state index in [1.807, 2.05) is 49.3 Å². The van der Waals surface area contributed by atoms with Crippen molar-refractivity contribution in [3.05, 3.63) is 35.9 Å². The van der Waals surface area contributed by atoms with E-state index in [4.69, 9.17) is 0 Å². The Morgan fingerprint density at radius 3 is 2.36 bits per heavy atom. The minimum absolute atomic E-state index is 0.428. The number of hydrogen-bond donors (Lipinski definition) is 1. The second kappa shape index (κ2) is 6.69. The first-order valence-corrected chi connectivity index (χ1v) is 9.42. The lowest BCUT2D eigenvalue weighted by atomic mass is 9.84. The van der Waals surface area contributed by atoms with Crippen molar-refractivity contribution in [2.75, 3.05) is 26.9 Å². The molecule has 0 aliphatic heterocycles. The molecule has 0 radical (unpaired) electrons. The number of aliphatic imine (C=N–C) groups is 1. The molecule has 22 heavy (non-hydrogen) atoms. The van der Waals surface area contributed by atoms with Crippen molar-refractivity contribution in [1.82, 2.24) is 10.2 Å². The van der Waals surface area contributed by atoms with Crippen molar-refractivity contribution in [1.29, 1.82) is 0 Å². The lowest BCUT2D eigenvalue weighted by Crippen LogP contribution is -2.54. The van der Waals surface area contributed by atoms with Gasteiger partial charge in [0.1, 0.15) is 0 Å². The molecule has 0 amide bonds. The summed E-state index contributed by atoms with van der Waals surface area (Å²) in [6.45, 7) is 1.00. The van der Waals surface area contributed by atoms with Crippen molar-refractivity contribution in [3.8, 4) is 0 Å². The van der Waals surface area contributed by atoms with Gasteiger partial charge in [0.2, 0.25) is 0 Å². The predicted octanol–water partition coefficient (Wildman–Crippen LogP) is 1.66. The molecule has 1 aromatic carbocycles. The molecule has 5 nitrogen and oxygen atoms in total. The van der Waals surface area contributed by atoms with Crippen LogP contribution < -0.4 is 5.32 Å². The molecule has 0 spiro atoms. The first-order chi connectivity index (χ1) is 10.3. The zero-order chi connectivity index (χ0) is 16.2. The Labute approximate surface area is 133 Å². The molecule has 1 aliphatic rings. The lowest BCUT2D eigenvalue weighted by Gasteiger charge is -2.40. The smallest absolute Gasteiger partial charge is 0.193 e. The highest BCUT2D eigenvalue weighted by Gasteiger charge is 2.46. The zero-order valence-electron chi connectivity index (χ0n) is 13.5. The number of hydrogen-bond acceptors (Lipinski definition) is 3. The molecule has 0 atom stereocenters. The topological polar surface area (TPSA) is 61.8 Å². The van der Waals surface area contributed by atoms with Crippen molar-refractivity contribution in [2.45, 2.75) is 30.6 Å². The molecule has 0 saturated heterocycles. The summed E-state index contributed by atoms with van der Waals surface area (Å²) in [6, 6.07) is 10.0. The molecular weight excluding hydrogens is 298 g/mol. The Bertz CT molecular complexity index is 620. The molecule has 1 aliphatic carbocycles. The van der Waals surface area contributed by atoms with Crippen molar-refractivity contribution >= 4 is 15.8 Å². The van der Waals surface area contributed by atoms with Gasteiger partial charge < -0.3 is 10.2 Å². The average Bonchev–Trinajstić information content (AvgIpc) is 2.40. The van der Waals surface area contributed by atoms with Gasteiger partial charge in [-0.25, -0.2) is 13.4 Å². The van der Waals surface area contributed by atoms with Crippen LogP contribution in [0.4, 0.5) is 0 Å². The Morgan fingerprint density at radius 1 is 1.27 bits per heavy atom. The molecule has 122 valence electrons. The third kappa shape index (κ3) is 3.80. The molecule has 0 bridgehead atoms. The number of rotatable bonds is 5. The quantitative estimate of drug-likeness (QED) is 0.661. The molecule has 0 aromatic heterocycles. The van der Waals surface area contributed by atoms with E-state index in [1.165, 1.54) is 6.26 Å². The van der Waals surface area contributed by atoms with E-state index in [9.17, 15) is 8.42 Å². The molecule has 0 heterocycles. The minimum atomic E-state index is -3.05. The number of guanidine groups is 1. The number of sulfone groups is 1.